The molecule has 1 N–H and O–H groups in total. The first-order chi connectivity index (χ1) is 29.4. The zero-order valence-electron chi connectivity index (χ0n) is 32.7. The van der Waals surface area contributed by atoms with Gasteiger partial charge >= 0.3 is 12.1 Å². The van der Waals surface area contributed by atoms with E-state index in [1.54, 1.807) is 58.3 Å². The van der Waals surface area contributed by atoms with Crippen LogP contribution in [0.2, 0.25) is 0 Å². The Hall–Kier alpha value is -4.96. The number of thioether (sulfide) groups is 2. The average Bonchev–Trinajstić information content (AvgIpc) is 3.49. The Morgan fingerprint density at radius 1 is 0.639 bits per heavy atom. The van der Waals surface area contributed by atoms with Crippen molar-refractivity contribution in [1.82, 2.24) is 9.80 Å². The van der Waals surface area contributed by atoms with Crippen molar-refractivity contribution in [2.75, 3.05) is 104 Å². The molecule has 15 nitrogen and oxygen atoms in total. The Morgan fingerprint density at radius 2 is 1.08 bits per heavy atom. The zero-order chi connectivity index (χ0) is 43.4. The van der Waals surface area contributed by atoms with E-state index in [9.17, 15) is 37.1 Å². The first-order valence-corrected chi connectivity index (χ1v) is 20.8. The molecule has 0 aliphatic carbocycles. The molecule has 0 atom stereocenters. The fourth-order valence-corrected chi connectivity index (χ4v) is 8.17. The Morgan fingerprint density at radius 3 is 1.52 bits per heavy atom. The smallest absolute Gasteiger partial charge is 0.420 e. The van der Waals surface area contributed by atoms with Gasteiger partial charge < -0.3 is 43.3 Å². The Labute approximate surface area is 357 Å². The minimum absolute atomic E-state index is 0.0430. The van der Waals surface area contributed by atoms with Gasteiger partial charge in [-0.15, -0.1) is 0 Å². The van der Waals surface area contributed by atoms with Crippen LogP contribution in [0.1, 0.15) is 26.3 Å². The summed E-state index contributed by atoms with van der Waals surface area (Å²) in [6.45, 7) is 3.12. The lowest BCUT2D eigenvalue weighted by molar-refractivity contribution is -0.143. The van der Waals surface area contributed by atoms with Crippen molar-refractivity contribution >= 4 is 58.8 Å². The van der Waals surface area contributed by atoms with Crippen LogP contribution in [0.4, 0.5) is 18.9 Å². The quantitative estimate of drug-likeness (QED) is 0.128. The number of anilines is 1. The third-order valence-corrected chi connectivity index (χ3v) is 11.5. The van der Waals surface area contributed by atoms with E-state index >= 15 is 0 Å². The van der Waals surface area contributed by atoms with Gasteiger partial charge in [-0.2, -0.15) is 13.2 Å². The SMILES string of the molecule is O=C(O)COCCOCCOCCOc1ccc(N2C(=O)C(Sc3ccc(C(=O)N4CCOCC4)cc3)=C(Sc3ccc(C(=O)N4CCOCC4)cc3)C2=O)cc1C(F)(F)F. The van der Waals surface area contributed by atoms with Crippen molar-refractivity contribution < 1.29 is 70.7 Å². The van der Waals surface area contributed by atoms with Crippen LogP contribution in [0.3, 0.4) is 0 Å². The van der Waals surface area contributed by atoms with Crippen molar-refractivity contribution in [3.8, 4) is 5.75 Å². The van der Waals surface area contributed by atoms with E-state index in [1.807, 2.05) is 0 Å². The molecule has 4 amide bonds. The number of amides is 4. The van der Waals surface area contributed by atoms with Crippen molar-refractivity contribution in [1.29, 1.82) is 0 Å². The summed E-state index contributed by atoms with van der Waals surface area (Å²) in [6.07, 6.45) is -4.93. The van der Waals surface area contributed by atoms with Crippen molar-refractivity contribution in [2.24, 2.45) is 0 Å². The topological polar surface area (TPSA) is 171 Å². The Balaban J connectivity index is 1.17. The fraction of sp³-hybridized carbons (Fsp3) is 0.390. The molecule has 20 heteroatoms. The number of alkyl halides is 3. The number of hydrogen-bond acceptors (Lipinski definition) is 13. The molecule has 0 spiro atoms. The molecule has 2 saturated heterocycles. The molecule has 0 bridgehead atoms. The molecule has 61 heavy (non-hydrogen) atoms. The van der Waals surface area contributed by atoms with Gasteiger partial charge in [0, 0.05) is 47.1 Å². The van der Waals surface area contributed by atoms with Gasteiger partial charge in [-0.1, -0.05) is 23.5 Å². The summed E-state index contributed by atoms with van der Waals surface area (Å²) in [4.78, 5) is 69.8. The fourth-order valence-electron chi connectivity index (χ4n) is 6.18. The molecule has 0 unspecified atom stereocenters. The van der Waals surface area contributed by atoms with Gasteiger partial charge in [-0.25, -0.2) is 9.69 Å². The van der Waals surface area contributed by atoms with E-state index in [1.165, 1.54) is 6.07 Å². The number of halogens is 3. The predicted octanol–water partition coefficient (Wildman–Crippen LogP) is 4.83. The minimum atomic E-state index is -4.93. The molecule has 2 fully saturated rings. The maximum atomic E-state index is 14.5. The molecule has 3 aromatic rings. The molecule has 3 aromatic carbocycles. The van der Waals surface area contributed by atoms with E-state index in [-0.39, 0.29) is 67.0 Å². The number of carbonyl (C=O) groups excluding carboxylic acids is 4. The Bertz CT molecular complexity index is 1980. The van der Waals surface area contributed by atoms with E-state index in [0.29, 0.717) is 84.5 Å². The molecule has 0 radical (unpaired) electrons. The van der Waals surface area contributed by atoms with E-state index in [4.69, 9.17) is 33.5 Å². The summed E-state index contributed by atoms with van der Waals surface area (Å²) >= 11 is 1.88. The largest absolute Gasteiger partial charge is 0.491 e. The summed E-state index contributed by atoms with van der Waals surface area (Å²) in [5, 5.41) is 8.55. The van der Waals surface area contributed by atoms with Crippen molar-refractivity contribution in [3.05, 3.63) is 93.2 Å². The number of carbonyl (C=O) groups is 5. The number of rotatable bonds is 19. The number of hydrogen-bond donors (Lipinski definition) is 1. The maximum Gasteiger partial charge on any atom is 0.420 e. The number of carboxylic acids is 1. The van der Waals surface area contributed by atoms with Crippen LogP contribution >= 0.6 is 23.5 Å². The van der Waals surface area contributed by atoms with Gasteiger partial charge in [-0.3, -0.25) is 19.2 Å². The molecule has 6 rings (SSSR count). The summed E-state index contributed by atoms with van der Waals surface area (Å²) in [5.41, 5.74) is -0.720. The molecular weight excluding hydrogens is 848 g/mol. The molecule has 326 valence electrons. The normalized spacial score (nSPS) is 16.1. The Kier molecular flexibility index (Phi) is 16.2. The molecule has 0 aromatic heterocycles. The highest BCUT2D eigenvalue weighted by Crippen LogP contribution is 2.46. The van der Waals surface area contributed by atoms with Gasteiger partial charge in [0.05, 0.1) is 80.5 Å². The molecule has 3 aliphatic heterocycles. The van der Waals surface area contributed by atoms with E-state index in [2.05, 4.69) is 0 Å². The lowest BCUT2D eigenvalue weighted by Crippen LogP contribution is -2.40. The van der Waals surface area contributed by atoms with Crippen LogP contribution in [0.25, 0.3) is 0 Å². The number of aliphatic carboxylic acids is 1. The van der Waals surface area contributed by atoms with Gasteiger partial charge in [0.25, 0.3) is 23.6 Å². The number of imide groups is 1. The molecular formula is C41H42F3N3O12S2. The highest BCUT2D eigenvalue weighted by atomic mass is 32.2. The second-order valence-corrected chi connectivity index (χ2v) is 15.5. The standard InChI is InChI=1S/C41H42F3N3O12S2/c42-41(43,44)32-25-29(5-10-33(32)59-24-23-57-20-19-56-21-22-58-26-34(48)49)47-39(52)35(60-30-6-1-27(2-7-30)37(50)45-11-15-54-16-12-45)36(40(47)53)61-31-8-3-28(4-9-31)38(51)46-13-17-55-18-14-46/h1-10,25H,11-24,26H2,(H,48,49). The van der Waals surface area contributed by atoms with Gasteiger partial charge in [-0.05, 0) is 66.7 Å². The zero-order valence-corrected chi connectivity index (χ0v) is 34.3. The van der Waals surface area contributed by atoms with Crippen LogP contribution in [-0.2, 0) is 44.2 Å². The summed E-state index contributed by atoms with van der Waals surface area (Å²) in [7, 11) is 0. The van der Waals surface area contributed by atoms with Crippen LogP contribution < -0.4 is 9.64 Å². The highest BCUT2D eigenvalue weighted by Gasteiger charge is 2.42. The lowest BCUT2D eigenvalue weighted by Gasteiger charge is -2.26. The third kappa shape index (κ3) is 12.3. The van der Waals surface area contributed by atoms with Crippen LogP contribution in [0, 0.1) is 0 Å². The summed E-state index contributed by atoms with van der Waals surface area (Å²) in [5.74, 6) is -3.72. The summed E-state index contributed by atoms with van der Waals surface area (Å²) in [6, 6.07) is 15.8. The van der Waals surface area contributed by atoms with Crippen LogP contribution in [-0.4, -0.2) is 143 Å². The summed E-state index contributed by atoms with van der Waals surface area (Å²) < 4.78 is 74.9. The number of carboxylic acid groups (broad SMARTS) is 1. The van der Waals surface area contributed by atoms with Gasteiger partial charge in [0.15, 0.2) is 0 Å². The molecule has 0 saturated carbocycles. The second-order valence-electron chi connectivity index (χ2n) is 13.4. The first kappa shape index (κ1) is 45.6. The first-order valence-electron chi connectivity index (χ1n) is 19.1. The minimum Gasteiger partial charge on any atom is -0.491 e. The number of ether oxygens (including phenoxy) is 6. The second kappa shape index (κ2) is 21.7. The van der Waals surface area contributed by atoms with Crippen molar-refractivity contribution in [2.45, 2.75) is 16.0 Å². The number of nitrogens with zero attached hydrogens (tertiary/aromatic N) is 3. The van der Waals surface area contributed by atoms with Gasteiger partial charge in [0.1, 0.15) is 19.0 Å². The van der Waals surface area contributed by atoms with Gasteiger partial charge in [0.2, 0.25) is 0 Å². The average molecular weight is 890 g/mol. The third-order valence-electron chi connectivity index (χ3n) is 9.22. The highest BCUT2D eigenvalue weighted by molar-refractivity contribution is 8.08. The maximum absolute atomic E-state index is 14.5. The molecule has 3 heterocycles. The molecule has 3 aliphatic rings. The van der Waals surface area contributed by atoms with E-state index in [0.717, 1.165) is 29.6 Å². The number of benzene rings is 3. The van der Waals surface area contributed by atoms with Crippen LogP contribution in [0.15, 0.2) is 86.3 Å². The van der Waals surface area contributed by atoms with Crippen LogP contribution in [0.5, 0.6) is 5.75 Å². The van der Waals surface area contributed by atoms with Crippen molar-refractivity contribution in [3.63, 3.8) is 0 Å². The lowest BCUT2D eigenvalue weighted by atomic mass is 10.1. The van der Waals surface area contributed by atoms with E-state index < -0.39 is 41.9 Å². The predicted molar refractivity (Wildman–Crippen MR) is 215 cm³/mol. The monoisotopic (exact) mass is 889 g/mol. The number of morpholine rings is 2.